The monoisotopic (exact) mass is 316 g/mol. The minimum atomic E-state index is -0.187. The molecule has 1 aromatic rings. The molecule has 0 atom stereocenters. The molecule has 2 nitrogen and oxygen atoms in total. The van der Waals surface area contributed by atoms with Gasteiger partial charge in [0.05, 0.1) is 0 Å². The Morgan fingerprint density at radius 1 is 1.27 bits per heavy atom. The first-order valence-electron chi connectivity index (χ1n) is 5.05. The first-order chi connectivity index (χ1) is 7.07. The fourth-order valence-electron chi connectivity index (χ4n) is 1.54. The molecule has 0 spiro atoms. The van der Waals surface area contributed by atoms with E-state index < -0.39 is 0 Å². The van der Waals surface area contributed by atoms with Crippen LogP contribution < -0.4 is 5.46 Å². The second kappa shape index (κ2) is 4.43. The lowest BCUT2D eigenvalue weighted by Gasteiger charge is -2.33. The van der Waals surface area contributed by atoms with Crippen LogP contribution >= 0.6 is 22.6 Å². The molecule has 1 aliphatic heterocycles. The van der Waals surface area contributed by atoms with Gasteiger partial charge in [-0.05, 0) is 40.2 Å². The molecular weight excluding hydrogens is 302 g/mol. The minimum Gasteiger partial charge on any atom is -0.407 e. The Morgan fingerprint density at radius 3 is 2.53 bits per heavy atom. The van der Waals surface area contributed by atoms with E-state index in [0.717, 1.165) is 18.7 Å². The summed E-state index contributed by atoms with van der Waals surface area (Å²) in [6.07, 6.45) is 0. The molecule has 0 bridgehead atoms. The minimum absolute atomic E-state index is 0.137. The van der Waals surface area contributed by atoms with Crippen molar-refractivity contribution in [1.82, 2.24) is 0 Å². The van der Waals surface area contributed by atoms with Crippen molar-refractivity contribution in [3.63, 3.8) is 0 Å². The molecular formula is C11H14BIO2. The normalized spacial score (nSPS) is 20.3. The highest BCUT2D eigenvalue weighted by molar-refractivity contribution is 14.1. The van der Waals surface area contributed by atoms with Crippen molar-refractivity contribution in [3.8, 4) is 0 Å². The molecule has 80 valence electrons. The zero-order valence-electron chi connectivity index (χ0n) is 9.00. The Hall–Kier alpha value is -0.0651. The maximum atomic E-state index is 5.71. The number of rotatable bonds is 1. The van der Waals surface area contributed by atoms with E-state index in [-0.39, 0.29) is 12.5 Å². The van der Waals surface area contributed by atoms with E-state index in [2.05, 4.69) is 48.6 Å². The molecule has 1 saturated heterocycles. The number of benzene rings is 1. The molecule has 2 rings (SSSR count). The van der Waals surface area contributed by atoms with Crippen LogP contribution in [0.1, 0.15) is 13.8 Å². The van der Waals surface area contributed by atoms with Crippen LogP contribution in [0.2, 0.25) is 0 Å². The van der Waals surface area contributed by atoms with E-state index in [1.165, 1.54) is 3.57 Å². The lowest BCUT2D eigenvalue weighted by molar-refractivity contribution is 0.0343. The van der Waals surface area contributed by atoms with Crippen LogP contribution in [0, 0.1) is 8.99 Å². The Labute approximate surface area is 105 Å². The summed E-state index contributed by atoms with van der Waals surface area (Å²) >= 11 is 2.30. The van der Waals surface area contributed by atoms with Crippen molar-refractivity contribution in [2.75, 3.05) is 13.2 Å². The van der Waals surface area contributed by atoms with Gasteiger partial charge in [-0.3, -0.25) is 0 Å². The van der Waals surface area contributed by atoms with Crippen molar-refractivity contribution < 1.29 is 9.31 Å². The highest BCUT2D eigenvalue weighted by Gasteiger charge is 2.33. The smallest absolute Gasteiger partial charge is 0.407 e. The van der Waals surface area contributed by atoms with Gasteiger partial charge in [0.2, 0.25) is 0 Å². The molecule has 15 heavy (non-hydrogen) atoms. The summed E-state index contributed by atoms with van der Waals surface area (Å²) in [7, 11) is -0.187. The van der Waals surface area contributed by atoms with E-state index in [9.17, 15) is 0 Å². The van der Waals surface area contributed by atoms with E-state index >= 15 is 0 Å². The van der Waals surface area contributed by atoms with Gasteiger partial charge in [0.25, 0.3) is 0 Å². The molecule has 0 N–H and O–H groups in total. The summed E-state index contributed by atoms with van der Waals surface area (Å²) in [5.41, 5.74) is 1.25. The van der Waals surface area contributed by atoms with Gasteiger partial charge in [-0.25, -0.2) is 0 Å². The quantitative estimate of drug-likeness (QED) is 0.583. The average Bonchev–Trinajstić information content (AvgIpc) is 2.17. The van der Waals surface area contributed by atoms with E-state index in [1.807, 2.05) is 12.1 Å². The first kappa shape index (κ1) is 11.4. The molecule has 1 aromatic carbocycles. The van der Waals surface area contributed by atoms with Crippen LogP contribution in [-0.2, 0) is 9.31 Å². The molecule has 1 heterocycles. The van der Waals surface area contributed by atoms with Crippen molar-refractivity contribution in [3.05, 3.63) is 27.8 Å². The Bertz CT molecular complexity index is 344. The zero-order chi connectivity index (χ0) is 10.9. The highest BCUT2D eigenvalue weighted by Crippen LogP contribution is 2.21. The molecule has 0 aliphatic carbocycles. The van der Waals surface area contributed by atoms with Crippen LogP contribution in [0.15, 0.2) is 24.3 Å². The molecule has 0 radical (unpaired) electrons. The van der Waals surface area contributed by atoms with Gasteiger partial charge in [-0.1, -0.05) is 26.0 Å². The topological polar surface area (TPSA) is 18.5 Å². The Balaban J connectivity index is 2.08. The Morgan fingerprint density at radius 2 is 1.93 bits per heavy atom. The molecule has 1 fully saturated rings. The highest BCUT2D eigenvalue weighted by atomic mass is 127. The number of halogens is 1. The third kappa shape index (κ3) is 2.95. The van der Waals surface area contributed by atoms with Crippen molar-refractivity contribution in [1.29, 1.82) is 0 Å². The second-order valence-electron chi connectivity index (χ2n) is 4.67. The summed E-state index contributed by atoms with van der Waals surface area (Å²) in [6.45, 7) is 5.81. The molecule has 0 saturated carbocycles. The number of hydrogen-bond acceptors (Lipinski definition) is 2. The van der Waals surface area contributed by atoms with Crippen LogP contribution in [0.5, 0.6) is 0 Å². The molecule has 0 aromatic heterocycles. The summed E-state index contributed by atoms with van der Waals surface area (Å²) in [6, 6.07) is 8.25. The maximum Gasteiger partial charge on any atom is 0.493 e. The van der Waals surface area contributed by atoms with E-state index in [4.69, 9.17) is 9.31 Å². The average molecular weight is 316 g/mol. The van der Waals surface area contributed by atoms with Crippen LogP contribution in [0.25, 0.3) is 0 Å². The first-order valence-corrected chi connectivity index (χ1v) is 6.13. The second-order valence-corrected chi connectivity index (χ2v) is 5.92. The lowest BCUT2D eigenvalue weighted by Crippen LogP contribution is -2.47. The maximum absolute atomic E-state index is 5.71. The fourth-order valence-corrected chi connectivity index (χ4v) is 2.11. The van der Waals surface area contributed by atoms with Gasteiger partial charge in [0.1, 0.15) is 0 Å². The van der Waals surface area contributed by atoms with Gasteiger partial charge in [0, 0.05) is 22.2 Å². The predicted molar refractivity (Wildman–Crippen MR) is 70.2 cm³/mol. The molecule has 4 heteroatoms. The van der Waals surface area contributed by atoms with Crippen molar-refractivity contribution in [2.45, 2.75) is 13.8 Å². The standard InChI is InChI=1S/C11H14BIO2/c1-11(2)7-14-12(15-8-11)9-4-3-5-10(13)6-9/h3-6H,7-8H2,1-2H3. The van der Waals surface area contributed by atoms with Gasteiger partial charge in [-0.15, -0.1) is 0 Å². The molecule has 0 amide bonds. The van der Waals surface area contributed by atoms with Crippen LogP contribution in [0.3, 0.4) is 0 Å². The third-order valence-electron chi connectivity index (χ3n) is 2.37. The largest absolute Gasteiger partial charge is 0.493 e. The van der Waals surface area contributed by atoms with Crippen molar-refractivity contribution >= 4 is 35.2 Å². The van der Waals surface area contributed by atoms with E-state index in [0.29, 0.717) is 0 Å². The van der Waals surface area contributed by atoms with Gasteiger partial charge in [0.15, 0.2) is 0 Å². The third-order valence-corrected chi connectivity index (χ3v) is 3.04. The summed E-state index contributed by atoms with van der Waals surface area (Å²) in [4.78, 5) is 0. The fraction of sp³-hybridized carbons (Fsp3) is 0.455. The van der Waals surface area contributed by atoms with Gasteiger partial charge in [-0.2, -0.15) is 0 Å². The predicted octanol–water partition coefficient (Wildman–Crippen LogP) is 2.06. The van der Waals surface area contributed by atoms with Crippen LogP contribution in [-0.4, -0.2) is 20.3 Å². The number of hydrogen-bond donors (Lipinski definition) is 0. The van der Waals surface area contributed by atoms with Crippen LogP contribution in [0.4, 0.5) is 0 Å². The summed E-state index contributed by atoms with van der Waals surface area (Å²) < 4.78 is 12.6. The summed E-state index contributed by atoms with van der Waals surface area (Å²) in [5, 5.41) is 0. The zero-order valence-corrected chi connectivity index (χ0v) is 11.2. The van der Waals surface area contributed by atoms with Gasteiger partial charge >= 0.3 is 7.12 Å². The summed E-state index contributed by atoms with van der Waals surface area (Å²) in [5.74, 6) is 0. The van der Waals surface area contributed by atoms with Gasteiger partial charge < -0.3 is 9.31 Å². The molecule has 1 aliphatic rings. The SMILES string of the molecule is CC1(C)COB(c2cccc(I)c2)OC1. The molecule has 0 unspecified atom stereocenters. The lowest BCUT2D eigenvalue weighted by atomic mass is 9.76. The van der Waals surface area contributed by atoms with Crippen molar-refractivity contribution in [2.24, 2.45) is 5.41 Å². The Kier molecular flexibility index (Phi) is 3.37. The van der Waals surface area contributed by atoms with E-state index in [1.54, 1.807) is 0 Å².